The van der Waals surface area contributed by atoms with Crippen LogP contribution in [0.15, 0.2) is 0 Å². The van der Waals surface area contributed by atoms with Crippen molar-refractivity contribution in [1.82, 2.24) is 0 Å². The van der Waals surface area contributed by atoms with E-state index < -0.39 is 5.97 Å². The molecule has 0 amide bonds. The van der Waals surface area contributed by atoms with E-state index in [0.29, 0.717) is 35.5 Å². The van der Waals surface area contributed by atoms with E-state index >= 15 is 0 Å². The Hall–Kier alpha value is -0.610. The molecule has 160 valence electrons. The first-order chi connectivity index (χ1) is 13.2. The van der Waals surface area contributed by atoms with Crippen LogP contribution in [-0.2, 0) is 4.79 Å². The Morgan fingerprint density at radius 1 is 1.04 bits per heavy atom. The summed E-state index contributed by atoms with van der Waals surface area (Å²) in [6.07, 6.45) is 9.26. The van der Waals surface area contributed by atoms with Crippen molar-refractivity contribution in [3.05, 3.63) is 0 Å². The molecule has 0 bridgehead atoms. The average molecular weight is 393 g/mol. The molecule has 4 aliphatic rings. The summed E-state index contributed by atoms with van der Waals surface area (Å²) in [7, 11) is 0. The number of aliphatic carboxylic acids is 1. The normalized spacial score (nSPS) is 51.7. The fraction of sp³-hybridized carbons (Fsp3) is 0.958. The van der Waals surface area contributed by atoms with Crippen LogP contribution in [0, 0.1) is 46.3 Å². The highest BCUT2D eigenvalue weighted by Crippen LogP contribution is 2.68. The minimum absolute atomic E-state index is 0.0591. The van der Waals surface area contributed by atoms with Crippen LogP contribution < -0.4 is 0 Å². The smallest absolute Gasteiger partial charge is 0.303 e. The maximum absolute atomic E-state index is 11.5. The first kappa shape index (κ1) is 20.7. The van der Waals surface area contributed by atoms with E-state index in [2.05, 4.69) is 20.8 Å². The van der Waals surface area contributed by atoms with Gasteiger partial charge >= 0.3 is 5.97 Å². The number of carboxylic acid groups (broad SMARTS) is 1. The highest BCUT2D eigenvalue weighted by Gasteiger charge is 2.63. The first-order valence-electron chi connectivity index (χ1n) is 11.8. The van der Waals surface area contributed by atoms with E-state index in [1.807, 2.05) is 0 Å². The zero-order valence-electron chi connectivity index (χ0n) is 17.9. The van der Waals surface area contributed by atoms with E-state index in [1.54, 1.807) is 0 Å². The second-order valence-corrected chi connectivity index (χ2v) is 11.3. The molecule has 28 heavy (non-hydrogen) atoms. The van der Waals surface area contributed by atoms with Crippen molar-refractivity contribution < 1.29 is 20.1 Å². The van der Waals surface area contributed by atoms with Gasteiger partial charge in [0.1, 0.15) is 0 Å². The number of fused-ring (bicyclic) bond motifs is 5. The van der Waals surface area contributed by atoms with Crippen molar-refractivity contribution >= 4 is 5.97 Å². The van der Waals surface area contributed by atoms with E-state index in [4.69, 9.17) is 5.11 Å². The summed E-state index contributed by atoms with van der Waals surface area (Å²) in [6.45, 7) is 6.99. The van der Waals surface area contributed by atoms with Gasteiger partial charge in [0.15, 0.2) is 0 Å². The van der Waals surface area contributed by atoms with Crippen LogP contribution in [0.5, 0.6) is 0 Å². The van der Waals surface area contributed by atoms with Gasteiger partial charge in [0.05, 0.1) is 12.2 Å². The molecule has 4 aliphatic carbocycles. The predicted molar refractivity (Wildman–Crippen MR) is 109 cm³/mol. The number of aliphatic hydroxyl groups is 2. The standard InChI is InChI=1S/C24H40O4/c1-14(4-9-22(27)28)18-7-8-19-17-6-5-15-12-16(25)10-11-23(15,2)20(17)13-21(26)24(18,19)3/h14-21,25-26H,4-13H2,1-3H3,(H,27,28)/t14-,15-,16-,17?,18-,19?,20?,21+,23+,24-/m0/s1. The number of hydrogen-bond donors (Lipinski definition) is 3. The Balaban J connectivity index is 1.56. The zero-order valence-corrected chi connectivity index (χ0v) is 17.9. The van der Waals surface area contributed by atoms with Crippen molar-refractivity contribution in [1.29, 1.82) is 0 Å². The fourth-order valence-corrected chi connectivity index (χ4v) is 8.71. The molecule has 3 N–H and O–H groups in total. The fourth-order valence-electron chi connectivity index (χ4n) is 8.71. The number of rotatable bonds is 4. The molecule has 4 heteroatoms. The number of carbonyl (C=O) groups is 1. The quantitative estimate of drug-likeness (QED) is 0.659. The van der Waals surface area contributed by atoms with Gasteiger partial charge in [-0.05, 0) is 104 Å². The van der Waals surface area contributed by atoms with Crippen molar-refractivity contribution in [3.8, 4) is 0 Å². The Morgan fingerprint density at radius 2 is 1.79 bits per heavy atom. The zero-order chi connectivity index (χ0) is 20.3. The summed E-state index contributed by atoms with van der Waals surface area (Å²) >= 11 is 0. The topological polar surface area (TPSA) is 77.8 Å². The molecule has 4 saturated carbocycles. The lowest BCUT2D eigenvalue weighted by Crippen LogP contribution is -2.58. The molecule has 0 heterocycles. The molecule has 0 saturated heterocycles. The van der Waals surface area contributed by atoms with E-state index in [1.165, 1.54) is 19.3 Å². The second-order valence-electron chi connectivity index (χ2n) is 11.3. The SMILES string of the molecule is C[C@@H](CCC(=O)O)[C@@H]1CCC2C3CC[C@H]4C[C@@H](O)CC[C@@]4(C)C3C[C@@H](O)[C@]21C. The maximum atomic E-state index is 11.5. The third-order valence-corrected chi connectivity index (χ3v) is 10.3. The maximum Gasteiger partial charge on any atom is 0.303 e. The van der Waals surface area contributed by atoms with E-state index in [-0.39, 0.29) is 29.5 Å². The minimum Gasteiger partial charge on any atom is -0.481 e. The lowest BCUT2D eigenvalue weighted by molar-refractivity contribution is -0.175. The summed E-state index contributed by atoms with van der Waals surface area (Å²) in [5, 5.41) is 30.8. The molecule has 10 atom stereocenters. The van der Waals surface area contributed by atoms with Gasteiger partial charge in [-0.2, -0.15) is 0 Å². The molecule has 0 aromatic carbocycles. The first-order valence-corrected chi connectivity index (χ1v) is 11.8. The lowest BCUT2D eigenvalue weighted by Gasteiger charge is -2.62. The predicted octanol–water partition coefficient (Wildman–Crippen LogP) is 4.48. The van der Waals surface area contributed by atoms with Gasteiger partial charge in [-0.15, -0.1) is 0 Å². The van der Waals surface area contributed by atoms with Gasteiger partial charge in [-0.3, -0.25) is 4.79 Å². The molecule has 0 aromatic heterocycles. The van der Waals surface area contributed by atoms with Gasteiger partial charge in [-0.25, -0.2) is 0 Å². The molecule has 4 fully saturated rings. The number of aliphatic hydroxyl groups excluding tert-OH is 2. The molecule has 0 spiro atoms. The highest BCUT2D eigenvalue weighted by molar-refractivity contribution is 5.66. The lowest BCUT2D eigenvalue weighted by atomic mass is 9.43. The molecule has 0 aliphatic heterocycles. The molecule has 4 rings (SSSR count). The molecule has 0 radical (unpaired) electrons. The molecule has 0 aromatic rings. The largest absolute Gasteiger partial charge is 0.481 e. The van der Waals surface area contributed by atoms with Gasteiger partial charge in [0.2, 0.25) is 0 Å². The van der Waals surface area contributed by atoms with Crippen LogP contribution >= 0.6 is 0 Å². The Bertz CT molecular complexity index is 605. The van der Waals surface area contributed by atoms with Crippen LogP contribution in [-0.4, -0.2) is 33.5 Å². The Labute approximate surface area is 170 Å². The van der Waals surface area contributed by atoms with Crippen LogP contribution in [0.25, 0.3) is 0 Å². The Morgan fingerprint density at radius 3 is 2.50 bits per heavy atom. The molecule has 4 nitrogen and oxygen atoms in total. The van der Waals surface area contributed by atoms with Crippen LogP contribution in [0.3, 0.4) is 0 Å². The molecular weight excluding hydrogens is 352 g/mol. The van der Waals surface area contributed by atoms with Crippen LogP contribution in [0.2, 0.25) is 0 Å². The van der Waals surface area contributed by atoms with Crippen molar-refractivity contribution in [2.24, 2.45) is 46.3 Å². The summed E-state index contributed by atoms with van der Waals surface area (Å²) in [4.78, 5) is 11.1. The van der Waals surface area contributed by atoms with Gasteiger partial charge < -0.3 is 15.3 Å². The number of carboxylic acids is 1. The van der Waals surface area contributed by atoms with E-state index in [9.17, 15) is 15.0 Å². The monoisotopic (exact) mass is 392 g/mol. The van der Waals surface area contributed by atoms with Crippen LogP contribution in [0.1, 0.15) is 85.0 Å². The third kappa shape index (κ3) is 3.05. The van der Waals surface area contributed by atoms with Crippen molar-refractivity contribution in [2.75, 3.05) is 0 Å². The highest BCUT2D eigenvalue weighted by atomic mass is 16.4. The summed E-state index contributed by atoms with van der Waals surface area (Å²) in [6, 6.07) is 0. The van der Waals surface area contributed by atoms with Gasteiger partial charge in [0, 0.05) is 6.42 Å². The Kier molecular flexibility index (Phi) is 5.36. The average Bonchev–Trinajstić information content (AvgIpc) is 3.00. The summed E-state index contributed by atoms with van der Waals surface area (Å²) in [5.41, 5.74) is 0.216. The summed E-state index contributed by atoms with van der Waals surface area (Å²) in [5.74, 6) is 2.55. The van der Waals surface area contributed by atoms with Crippen LogP contribution in [0.4, 0.5) is 0 Å². The third-order valence-electron chi connectivity index (χ3n) is 10.3. The minimum atomic E-state index is -0.707. The number of hydrogen-bond acceptors (Lipinski definition) is 3. The van der Waals surface area contributed by atoms with E-state index in [0.717, 1.165) is 38.5 Å². The summed E-state index contributed by atoms with van der Waals surface area (Å²) < 4.78 is 0. The molecule has 3 unspecified atom stereocenters. The van der Waals surface area contributed by atoms with Gasteiger partial charge in [0.25, 0.3) is 0 Å². The van der Waals surface area contributed by atoms with Crippen molar-refractivity contribution in [3.63, 3.8) is 0 Å². The molecular formula is C24H40O4. The second kappa shape index (κ2) is 7.27. The van der Waals surface area contributed by atoms with Gasteiger partial charge in [-0.1, -0.05) is 20.8 Å². The van der Waals surface area contributed by atoms with Crippen molar-refractivity contribution in [2.45, 2.75) is 97.2 Å².